The largest absolute Gasteiger partial charge is 0.486 e. The molecule has 2 aromatic carbocycles. The van der Waals surface area contributed by atoms with Crippen molar-refractivity contribution in [1.82, 2.24) is 14.9 Å². The zero-order valence-electron chi connectivity index (χ0n) is 16.7. The third kappa shape index (κ3) is 4.97. The summed E-state index contributed by atoms with van der Waals surface area (Å²) in [5.74, 6) is 0.0989. The summed E-state index contributed by atoms with van der Waals surface area (Å²) in [6, 6.07) is 12.4. The Morgan fingerprint density at radius 1 is 1.10 bits per heavy atom. The lowest BCUT2D eigenvalue weighted by atomic mass is 10.1. The van der Waals surface area contributed by atoms with Crippen molar-refractivity contribution in [3.8, 4) is 11.5 Å². The van der Waals surface area contributed by atoms with Gasteiger partial charge in [0.2, 0.25) is 21.8 Å². The van der Waals surface area contributed by atoms with E-state index in [1.165, 1.54) is 23.1 Å². The van der Waals surface area contributed by atoms with Crippen molar-refractivity contribution < 1.29 is 27.5 Å². The van der Waals surface area contributed by atoms with E-state index >= 15 is 0 Å². The zero-order valence-corrected chi connectivity index (χ0v) is 17.6. The van der Waals surface area contributed by atoms with Crippen molar-refractivity contribution in [2.24, 2.45) is 0 Å². The SMILES string of the molecule is O=C1CN(C(=O)C(Cc2ccccc2)NS(=O)(=O)c2ccc3c(c2)OCCO3)CCN1. The molecule has 0 radical (unpaired) electrons. The molecule has 2 amide bonds. The molecule has 0 spiro atoms. The number of carbonyl (C=O) groups excluding carboxylic acids is 2. The van der Waals surface area contributed by atoms with Crippen LogP contribution < -0.4 is 19.5 Å². The first-order chi connectivity index (χ1) is 14.9. The molecule has 0 saturated carbocycles. The summed E-state index contributed by atoms with van der Waals surface area (Å²) in [6.45, 7) is 1.28. The van der Waals surface area contributed by atoms with Gasteiger partial charge in [0.05, 0.1) is 11.4 Å². The first-order valence-corrected chi connectivity index (χ1v) is 11.4. The predicted molar refractivity (Wildman–Crippen MR) is 111 cm³/mol. The van der Waals surface area contributed by atoms with Gasteiger partial charge in [0, 0.05) is 19.2 Å². The molecule has 1 saturated heterocycles. The molecule has 4 rings (SSSR count). The number of ether oxygens (including phenoxy) is 2. The van der Waals surface area contributed by atoms with E-state index in [4.69, 9.17) is 9.47 Å². The van der Waals surface area contributed by atoms with Crippen molar-refractivity contribution in [2.45, 2.75) is 17.4 Å². The number of sulfonamides is 1. The number of rotatable bonds is 6. The maximum absolute atomic E-state index is 13.2. The van der Waals surface area contributed by atoms with E-state index in [0.29, 0.717) is 37.8 Å². The van der Waals surface area contributed by atoms with Crippen molar-refractivity contribution >= 4 is 21.8 Å². The molecule has 10 heteroatoms. The Balaban J connectivity index is 1.59. The van der Waals surface area contributed by atoms with E-state index in [-0.39, 0.29) is 23.8 Å². The van der Waals surface area contributed by atoms with E-state index in [0.717, 1.165) is 5.56 Å². The summed E-state index contributed by atoms with van der Waals surface area (Å²) in [6.07, 6.45) is 0.154. The molecule has 2 aliphatic heterocycles. The van der Waals surface area contributed by atoms with Gasteiger partial charge in [0.1, 0.15) is 19.3 Å². The molecular formula is C21H23N3O6S. The molecule has 1 unspecified atom stereocenters. The summed E-state index contributed by atoms with van der Waals surface area (Å²) in [4.78, 5) is 26.2. The van der Waals surface area contributed by atoms with E-state index in [1.54, 1.807) is 0 Å². The highest BCUT2D eigenvalue weighted by Crippen LogP contribution is 2.32. The van der Waals surface area contributed by atoms with Gasteiger partial charge < -0.3 is 19.7 Å². The lowest BCUT2D eigenvalue weighted by Crippen LogP contribution is -2.56. The highest BCUT2D eigenvalue weighted by atomic mass is 32.2. The van der Waals surface area contributed by atoms with E-state index in [9.17, 15) is 18.0 Å². The standard InChI is InChI=1S/C21H23N3O6S/c25-20-14-24(9-8-22-20)21(26)17(12-15-4-2-1-3-5-15)23-31(27,28)16-6-7-18-19(13-16)30-11-10-29-18/h1-7,13,17,23H,8-12,14H2,(H,22,25). The summed E-state index contributed by atoms with van der Waals surface area (Å²) in [5, 5.41) is 2.66. The van der Waals surface area contributed by atoms with Crippen LogP contribution in [0.5, 0.6) is 11.5 Å². The van der Waals surface area contributed by atoms with Crippen LogP contribution in [0.3, 0.4) is 0 Å². The number of piperazine rings is 1. The Bertz CT molecular complexity index is 1070. The molecule has 0 bridgehead atoms. The lowest BCUT2D eigenvalue weighted by Gasteiger charge is -2.30. The van der Waals surface area contributed by atoms with Crippen LogP contribution in [0.1, 0.15) is 5.56 Å². The van der Waals surface area contributed by atoms with Crippen LogP contribution in [0, 0.1) is 0 Å². The highest BCUT2D eigenvalue weighted by Gasteiger charge is 2.32. The molecule has 2 aromatic rings. The Labute approximate surface area is 180 Å². The molecular weight excluding hydrogens is 422 g/mol. The van der Waals surface area contributed by atoms with Crippen LogP contribution in [-0.4, -0.2) is 64.0 Å². The number of carbonyl (C=O) groups is 2. The number of nitrogens with zero attached hydrogens (tertiary/aromatic N) is 1. The van der Waals surface area contributed by atoms with Gasteiger partial charge in [-0.2, -0.15) is 4.72 Å². The minimum Gasteiger partial charge on any atom is -0.486 e. The minimum absolute atomic E-state index is 0.0287. The first kappa shape index (κ1) is 21.1. The summed E-state index contributed by atoms with van der Waals surface area (Å²) < 4.78 is 39.7. The van der Waals surface area contributed by atoms with Crippen molar-refractivity contribution in [3.63, 3.8) is 0 Å². The van der Waals surface area contributed by atoms with Gasteiger partial charge in [-0.1, -0.05) is 30.3 Å². The molecule has 2 aliphatic rings. The number of hydrogen-bond acceptors (Lipinski definition) is 6. The highest BCUT2D eigenvalue weighted by molar-refractivity contribution is 7.89. The molecule has 1 fully saturated rings. The average molecular weight is 445 g/mol. The van der Waals surface area contributed by atoms with Crippen LogP contribution in [0.15, 0.2) is 53.4 Å². The fourth-order valence-electron chi connectivity index (χ4n) is 3.52. The van der Waals surface area contributed by atoms with Gasteiger partial charge in [-0.25, -0.2) is 8.42 Å². The molecule has 31 heavy (non-hydrogen) atoms. The maximum atomic E-state index is 13.2. The smallest absolute Gasteiger partial charge is 0.241 e. The Kier molecular flexibility index (Phi) is 6.10. The quantitative estimate of drug-likeness (QED) is 0.661. The van der Waals surface area contributed by atoms with E-state index in [1.807, 2.05) is 30.3 Å². The van der Waals surface area contributed by atoms with E-state index in [2.05, 4.69) is 10.0 Å². The lowest BCUT2D eigenvalue weighted by molar-refractivity contribution is -0.139. The zero-order chi connectivity index (χ0) is 21.8. The minimum atomic E-state index is -4.04. The topological polar surface area (TPSA) is 114 Å². The van der Waals surface area contributed by atoms with Crippen LogP contribution in [0.4, 0.5) is 0 Å². The third-order valence-corrected chi connectivity index (χ3v) is 6.52. The average Bonchev–Trinajstić information content (AvgIpc) is 2.78. The number of fused-ring (bicyclic) bond motifs is 1. The Morgan fingerprint density at radius 3 is 2.58 bits per heavy atom. The molecule has 1 atom stereocenters. The van der Waals surface area contributed by atoms with Crippen LogP contribution in [0.2, 0.25) is 0 Å². The maximum Gasteiger partial charge on any atom is 0.241 e. The number of amides is 2. The number of benzene rings is 2. The number of nitrogens with one attached hydrogen (secondary N) is 2. The Morgan fingerprint density at radius 2 is 1.84 bits per heavy atom. The molecule has 0 aliphatic carbocycles. The summed E-state index contributed by atoms with van der Waals surface area (Å²) in [5.41, 5.74) is 0.798. The van der Waals surface area contributed by atoms with Crippen LogP contribution >= 0.6 is 0 Å². The van der Waals surface area contributed by atoms with Gasteiger partial charge in [0.25, 0.3) is 0 Å². The van der Waals surface area contributed by atoms with Crippen LogP contribution in [0.25, 0.3) is 0 Å². The number of hydrogen-bond donors (Lipinski definition) is 2. The first-order valence-electron chi connectivity index (χ1n) is 9.94. The predicted octanol–water partition coefficient (Wildman–Crippen LogP) is 0.306. The second kappa shape index (κ2) is 8.94. The van der Waals surface area contributed by atoms with Gasteiger partial charge in [0.15, 0.2) is 11.5 Å². The van der Waals surface area contributed by atoms with Gasteiger partial charge in [-0.15, -0.1) is 0 Å². The summed E-state index contributed by atoms with van der Waals surface area (Å²) >= 11 is 0. The normalized spacial score (nSPS) is 17.0. The summed E-state index contributed by atoms with van der Waals surface area (Å²) in [7, 11) is -4.04. The van der Waals surface area contributed by atoms with E-state index < -0.39 is 22.0 Å². The molecule has 2 heterocycles. The van der Waals surface area contributed by atoms with Crippen molar-refractivity contribution in [2.75, 3.05) is 32.8 Å². The van der Waals surface area contributed by atoms with Gasteiger partial charge in [-0.3, -0.25) is 9.59 Å². The molecule has 0 aromatic heterocycles. The second-order valence-electron chi connectivity index (χ2n) is 7.28. The van der Waals surface area contributed by atoms with Crippen molar-refractivity contribution in [1.29, 1.82) is 0 Å². The third-order valence-electron chi connectivity index (χ3n) is 5.05. The van der Waals surface area contributed by atoms with Crippen molar-refractivity contribution in [3.05, 3.63) is 54.1 Å². The molecule has 9 nitrogen and oxygen atoms in total. The molecule has 2 N–H and O–H groups in total. The fraction of sp³-hybridized carbons (Fsp3) is 0.333. The monoisotopic (exact) mass is 445 g/mol. The fourth-order valence-corrected chi connectivity index (χ4v) is 4.73. The second-order valence-corrected chi connectivity index (χ2v) is 8.99. The van der Waals surface area contributed by atoms with Gasteiger partial charge in [-0.05, 0) is 24.1 Å². The van der Waals surface area contributed by atoms with Gasteiger partial charge >= 0.3 is 0 Å². The Hall–Kier alpha value is -3.11. The van der Waals surface area contributed by atoms with Crippen LogP contribution in [-0.2, 0) is 26.0 Å². The molecule has 164 valence electrons.